The van der Waals surface area contributed by atoms with E-state index in [0.29, 0.717) is 32.2 Å². The van der Waals surface area contributed by atoms with E-state index in [0.717, 1.165) is 64.2 Å². The Morgan fingerprint density at radius 3 is 1.65 bits per heavy atom. The van der Waals surface area contributed by atoms with Gasteiger partial charge in [0.05, 0.1) is 0 Å². The third-order valence-corrected chi connectivity index (χ3v) is 9.02. The molecule has 0 aliphatic rings. The zero-order valence-electron chi connectivity index (χ0n) is 31.3. The second-order valence-corrected chi connectivity index (χ2v) is 13.7. The van der Waals surface area contributed by atoms with Gasteiger partial charge in [-0.2, -0.15) is 0 Å². The van der Waals surface area contributed by atoms with E-state index in [4.69, 9.17) is 10.5 Å². The number of unbranched alkanes of at least 4 members (excludes halogenated alkanes) is 18. The van der Waals surface area contributed by atoms with Crippen LogP contribution in [-0.2, 0) is 19.1 Å². The molecule has 48 heavy (non-hydrogen) atoms. The Bertz CT molecular complexity index is 813. The van der Waals surface area contributed by atoms with Crippen LogP contribution in [0.4, 0.5) is 0 Å². The highest BCUT2D eigenvalue weighted by atomic mass is 16.5. The molecule has 7 heteroatoms. The lowest BCUT2D eigenvalue weighted by Gasteiger charge is -2.18. The van der Waals surface area contributed by atoms with Crippen molar-refractivity contribution in [1.29, 1.82) is 0 Å². The van der Waals surface area contributed by atoms with Gasteiger partial charge < -0.3 is 20.9 Å². The number of hydrogen-bond acceptors (Lipinski definition) is 5. The van der Waals surface area contributed by atoms with E-state index in [-0.39, 0.29) is 18.0 Å². The SMILES string of the molecule is CCCCC/C=C\C/C=C\CCCCCCCCCCCC(=O)OC(CCCCCC)CCCCCCC(=O)NC(CCCN)C(=O)O. The van der Waals surface area contributed by atoms with Crippen molar-refractivity contribution in [2.45, 2.75) is 212 Å². The van der Waals surface area contributed by atoms with Gasteiger partial charge in [-0.1, -0.05) is 128 Å². The summed E-state index contributed by atoms with van der Waals surface area (Å²) in [6.45, 7) is 4.86. The molecule has 2 unspecified atom stereocenters. The van der Waals surface area contributed by atoms with Crippen LogP contribution < -0.4 is 11.1 Å². The summed E-state index contributed by atoms with van der Waals surface area (Å²) >= 11 is 0. The first-order valence-corrected chi connectivity index (χ1v) is 20.2. The van der Waals surface area contributed by atoms with Crippen molar-refractivity contribution >= 4 is 17.8 Å². The minimum atomic E-state index is -1.01. The quantitative estimate of drug-likeness (QED) is 0.0345. The Hall–Kier alpha value is -2.15. The van der Waals surface area contributed by atoms with Crippen molar-refractivity contribution in [2.75, 3.05) is 6.54 Å². The number of aliphatic carboxylic acids is 1. The summed E-state index contributed by atoms with van der Waals surface area (Å²) in [7, 11) is 0. The molecule has 0 rings (SSSR count). The van der Waals surface area contributed by atoms with E-state index in [2.05, 4.69) is 43.5 Å². The van der Waals surface area contributed by atoms with Crippen LogP contribution in [0.15, 0.2) is 24.3 Å². The molecule has 0 saturated carbocycles. The highest BCUT2D eigenvalue weighted by Crippen LogP contribution is 2.18. The Kier molecular flexibility index (Phi) is 34.5. The number of amides is 1. The lowest BCUT2D eigenvalue weighted by atomic mass is 10.0. The van der Waals surface area contributed by atoms with Gasteiger partial charge in [-0.25, -0.2) is 4.79 Å². The largest absolute Gasteiger partial charge is 0.480 e. The normalized spacial score (nSPS) is 12.9. The van der Waals surface area contributed by atoms with Crippen molar-refractivity contribution in [1.82, 2.24) is 5.32 Å². The number of allylic oxidation sites excluding steroid dienone is 4. The van der Waals surface area contributed by atoms with Crippen LogP contribution in [0.25, 0.3) is 0 Å². The molecule has 0 aliphatic carbocycles. The molecule has 0 aromatic carbocycles. The number of carbonyl (C=O) groups excluding carboxylic acids is 2. The van der Waals surface area contributed by atoms with E-state index in [9.17, 15) is 19.5 Å². The fourth-order valence-corrected chi connectivity index (χ4v) is 5.95. The zero-order valence-corrected chi connectivity index (χ0v) is 31.3. The molecule has 0 spiro atoms. The predicted octanol–water partition coefficient (Wildman–Crippen LogP) is 10.9. The van der Waals surface area contributed by atoms with E-state index < -0.39 is 12.0 Å². The number of carbonyl (C=O) groups is 3. The molecule has 7 nitrogen and oxygen atoms in total. The number of nitrogens with two attached hydrogens (primary N) is 1. The topological polar surface area (TPSA) is 119 Å². The average Bonchev–Trinajstić information content (AvgIpc) is 3.07. The second kappa shape index (κ2) is 36.1. The van der Waals surface area contributed by atoms with Crippen LogP contribution in [0.3, 0.4) is 0 Å². The van der Waals surface area contributed by atoms with Crippen molar-refractivity contribution in [3.05, 3.63) is 24.3 Å². The van der Waals surface area contributed by atoms with Crippen LogP contribution in [0.5, 0.6) is 0 Å². The molecule has 0 bridgehead atoms. The van der Waals surface area contributed by atoms with Gasteiger partial charge >= 0.3 is 11.9 Å². The van der Waals surface area contributed by atoms with Crippen LogP contribution in [0.2, 0.25) is 0 Å². The number of nitrogens with one attached hydrogen (secondary N) is 1. The van der Waals surface area contributed by atoms with Gasteiger partial charge in [0.2, 0.25) is 5.91 Å². The monoisotopic (exact) mass is 677 g/mol. The Morgan fingerprint density at radius 2 is 1.08 bits per heavy atom. The van der Waals surface area contributed by atoms with Gasteiger partial charge in [0.15, 0.2) is 0 Å². The smallest absolute Gasteiger partial charge is 0.326 e. The third kappa shape index (κ3) is 32.4. The Labute approximate surface area is 295 Å². The molecule has 0 saturated heterocycles. The maximum atomic E-state index is 12.6. The van der Waals surface area contributed by atoms with E-state index >= 15 is 0 Å². The van der Waals surface area contributed by atoms with Crippen LogP contribution in [0, 0.1) is 0 Å². The van der Waals surface area contributed by atoms with E-state index in [1.807, 2.05) is 0 Å². The highest BCUT2D eigenvalue weighted by Gasteiger charge is 2.19. The third-order valence-electron chi connectivity index (χ3n) is 9.02. The van der Waals surface area contributed by atoms with E-state index in [1.54, 1.807) is 0 Å². The second-order valence-electron chi connectivity index (χ2n) is 13.7. The molecular formula is C41H76N2O5. The number of ether oxygens (including phenoxy) is 1. The van der Waals surface area contributed by atoms with Gasteiger partial charge in [0.1, 0.15) is 12.1 Å². The van der Waals surface area contributed by atoms with Gasteiger partial charge in [-0.15, -0.1) is 0 Å². The summed E-state index contributed by atoms with van der Waals surface area (Å²) in [5.41, 5.74) is 5.46. The average molecular weight is 677 g/mol. The molecule has 0 radical (unpaired) electrons. The summed E-state index contributed by atoms with van der Waals surface area (Å²) in [5.74, 6) is -1.27. The van der Waals surface area contributed by atoms with Crippen molar-refractivity contribution in [3.63, 3.8) is 0 Å². The number of carboxylic acids is 1. The molecular weight excluding hydrogens is 600 g/mol. The molecule has 0 fully saturated rings. The van der Waals surface area contributed by atoms with Gasteiger partial charge in [0, 0.05) is 12.8 Å². The number of hydrogen-bond donors (Lipinski definition) is 3. The van der Waals surface area contributed by atoms with Crippen LogP contribution in [0.1, 0.15) is 200 Å². The maximum absolute atomic E-state index is 12.6. The lowest BCUT2D eigenvalue weighted by Crippen LogP contribution is -2.40. The first-order chi connectivity index (χ1) is 23.4. The van der Waals surface area contributed by atoms with Crippen molar-refractivity contribution in [2.24, 2.45) is 5.73 Å². The molecule has 2 atom stereocenters. The molecule has 280 valence electrons. The first kappa shape index (κ1) is 45.9. The maximum Gasteiger partial charge on any atom is 0.326 e. The molecule has 0 aliphatic heterocycles. The van der Waals surface area contributed by atoms with Crippen LogP contribution in [-0.4, -0.2) is 41.6 Å². The molecule has 0 aromatic rings. The summed E-state index contributed by atoms with van der Waals surface area (Å²) < 4.78 is 5.94. The Balaban J connectivity index is 3.97. The predicted molar refractivity (Wildman–Crippen MR) is 202 cm³/mol. The summed E-state index contributed by atoms with van der Waals surface area (Å²) in [5, 5.41) is 11.9. The van der Waals surface area contributed by atoms with E-state index in [1.165, 1.54) is 96.3 Å². The number of rotatable bonds is 36. The first-order valence-electron chi connectivity index (χ1n) is 20.2. The molecule has 0 heterocycles. The number of carboxylic acid groups (broad SMARTS) is 1. The number of esters is 1. The summed E-state index contributed by atoms with van der Waals surface area (Å²) in [4.78, 5) is 36.1. The summed E-state index contributed by atoms with van der Waals surface area (Å²) in [6, 6.07) is -0.861. The fourth-order valence-electron chi connectivity index (χ4n) is 5.95. The lowest BCUT2D eigenvalue weighted by molar-refractivity contribution is -0.150. The Morgan fingerprint density at radius 1 is 0.604 bits per heavy atom. The van der Waals surface area contributed by atoms with Crippen molar-refractivity contribution < 1.29 is 24.2 Å². The van der Waals surface area contributed by atoms with Gasteiger partial charge in [0.25, 0.3) is 0 Å². The molecule has 4 N–H and O–H groups in total. The molecule has 0 aromatic heterocycles. The van der Waals surface area contributed by atoms with Crippen molar-refractivity contribution in [3.8, 4) is 0 Å². The van der Waals surface area contributed by atoms with Crippen LogP contribution >= 0.6 is 0 Å². The highest BCUT2D eigenvalue weighted by molar-refractivity contribution is 5.83. The van der Waals surface area contributed by atoms with Gasteiger partial charge in [-0.05, 0) is 90.0 Å². The standard InChI is InChI=1S/C41H76N2O5/c1-3-5-7-9-10-11-12-13-14-15-16-17-18-19-20-21-22-23-29-35-40(45)48-37(31-26-8-6-4-2)32-27-24-25-28-34-39(44)43-38(41(46)47)33-30-36-42/h10-11,13-14,37-38H,3-9,12,15-36,42H2,1-2H3,(H,43,44)(H,46,47)/b11-10-,14-13-. The fraction of sp³-hybridized carbons (Fsp3) is 0.829. The van der Waals surface area contributed by atoms with Gasteiger partial charge in [-0.3, -0.25) is 9.59 Å². The molecule has 1 amide bonds. The zero-order chi connectivity index (χ0) is 35.3. The minimum Gasteiger partial charge on any atom is -0.480 e. The minimum absolute atomic E-state index is 0.0100. The summed E-state index contributed by atoms with van der Waals surface area (Å²) in [6.07, 6.45) is 39.6.